The van der Waals surface area contributed by atoms with Gasteiger partial charge in [0, 0.05) is 17.1 Å². The molecule has 3 rings (SSSR count). The smallest absolute Gasteiger partial charge is 0.446 e. The van der Waals surface area contributed by atoms with Crippen molar-refractivity contribution in [1.82, 2.24) is 5.32 Å². The van der Waals surface area contributed by atoms with E-state index in [0.29, 0.717) is 17.2 Å². The van der Waals surface area contributed by atoms with Crippen LogP contribution < -0.4 is 20.1 Å². The van der Waals surface area contributed by atoms with E-state index in [0.717, 1.165) is 5.56 Å². The molecule has 0 fully saturated rings. The molecule has 2 amide bonds. The fraction of sp³-hybridized carbons (Fsp3) is 0.188. The topological polar surface area (TPSA) is 59.6 Å². The van der Waals surface area contributed by atoms with Gasteiger partial charge in [0.15, 0.2) is 11.5 Å². The maximum atomic E-state index is 12.3. The fourth-order valence-corrected chi connectivity index (χ4v) is 2.69. The molecule has 9 heteroatoms. The lowest BCUT2D eigenvalue weighted by Crippen LogP contribution is -2.28. The molecule has 132 valence electrons. The van der Waals surface area contributed by atoms with Crippen LogP contribution in [0.1, 0.15) is 5.56 Å². The number of urea groups is 1. The van der Waals surface area contributed by atoms with Crippen molar-refractivity contribution in [3.05, 3.63) is 48.0 Å². The molecule has 2 N–H and O–H groups in total. The summed E-state index contributed by atoms with van der Waals surface area (Å²) in [5, 5.41) is 5.22. The third-order valence-electron chi connectivity index (χ3n) is 3.24. The van der Waals surface area contributed by atoms with Crippen molar-refractivity contribution in [1.29, 1.82) is 0 Å². The summed E-state index contributed by atoms with van der Waals surface area (Å²) in [6.45, 7) is 0.444. The number of hydrogen-bond acceptors (Lipinski definition) is 4. The Morgan fingerprint density at radius 3 is 2.52 bits per heavy atom. The minimum atomic E-state index is -4.34. The summed E-state index contributed by atoms with van der Waals surface area (Å²) < 4.78 is 47.2. The summed E-state index contributed by atoms with van der Waals surface area (Å²) in [6, 6.07) is 10.3. The molecule has 1 aliphatic rings. The number of rotatable bonds is 4. The molecule has 0 spiro atoms. The second-order valence-corrected chi connectivity index (χ2v) is 6.21. The Hall–Kier alpha value is -2.55. The summed E-state index contributed by atoms with van der Waals surface area (Å²) in [6.07, 6.45) is 0. The largest absolute Gasteiger partial charge is 0.454 e. The molecule has 0 aromatic heterocycles. The van der Waals surface area contributed by atoms with Crippen molar-refractivity contribution in [2.75, 3.05) is 12.1 Å². The van der Waals surface area contributed by atoms with E-state index < -0.39 is 11.5 Å². The standard InChI is InChI=1S/C16H13F3N2O3S/c17-16(18,19)25-12-4-2-11(3-5-12)21-15(22)20-8-10-1-6-13-14(7-10)24-9-23-13/h1-7H,8-9H2,(H2,20,21,22). The number of amides is 2. The number of halogens is 3. The number of benzene rings is 2. The van der Waals surface area contributed by atoms with Crippen LogP contribution >= 0.6 is 11.8 Å². The van der Waals surface area contributed by atoms with Gasteiger partial charge in [0.1, 0.15) is 0 Å². The van der Waals surface area contributed by atoms with Crippen LogP contribution in [0.5, 0.6) is 11.5 Å². The van der Waals surface area contributed by atoms with E-state index in [1.165, 1.54) is 24.3 Å². The summed E-state index contributed by atoms with van der Waals surface area (Å²) in [5.41, 5.74) is -3.11. The predicted molar refractivity (Wildman–Crippen MR) is 86.8 cm³/mol. The normalized spacial score (nSPS) is 12.8. The molecular formula is C16H13F3N2O3S. The van der Waals surface area contributed by atoms with Crippen LogP contribution in [0.25, 0.3) is 0 Å². The van der Waals surface area contributed by atoms with Gasteiger partial charge in [-0.25, -0.2) is 4.79 Å². The number of hydrogen-bond donors (Lipinski definition) is 2. The summed E-state index contributed by atoms with van der Waals surface area (Å²) in [5.74, 6) is 1.28. The van der Waals surface area contributed by atoms with Crippen molar-refractivity contribution in [2.24, 2.45) is 0 Å². The SMILES string of the molecule is O=C(NCc1ccc2c(c1)OCO2)Nc1ccc(SC(F)(F)F)cc1. The van der Waals surface area contributed by atoms with E-state index in [1.807, 2.05) is 0 Å². The third kappa shape index (κ3) is 4.96. The zero-order valence-corrected chi connectivity index (χ0v) is 13.5. The molecule has 1 aliphatic heterocycles. The Labute approximate surface area is 145 Å². The predicted octanol–water partition coefficient (Wildman–Crippen LogP) is 4.35. The number of fused-ring (bicyclic) bond motifs is 1. The van der Waals surface area contributed by atoms with Crippen LogP contribution in [0, 0.1) is 0 Å². The van der Waals surface area contributed by atoms with Crippen LogP contribution in [0.3, 0.4) is 0 Å². The van der Waals surface area contributed by atoms with Crippen LogP contribution in [0.15, 0.2) is 47.4 Å². The van der Waals surface area contributed by atoms with E-state index in [4.69, 9.17) is 9.47 Å². The number of ether oxygens (including phenoxy) is 2. The van der Waals surface area contributed by atoms with Gasteiger partial charge in [-0.3, -0.25) is 0 Å². The van der Waals surface area contributed by atoms with Crippen molar-refractivity contribution in [3.63, 3.8) is 0 Å². The average Bonchev–Trinajstić information content (AvgIpc) is 3.01. The second-order valence-electron chi connectivity index (χ2n) is 5.07. The Kier molecular flexibility index (Phi) is 4.93. The van der Waals surface area contributed by atoms with Gasteiger partial charge in [0.05, 0.1) is 0 Å². The number of carbonyl (C=O) groups is 1. The van der Waals surface area contributed by atoms with Gasteiger partial charge < -0.3 is 20.1 Å². The highest BCUT2D eigenvalue weighted by atomic mass is 32.2. The van der Waals surface area contributed by atoms with Gasteiger partial charge in [-0.1, -0.05) is 6.07 Å². The van der Waals surface area contributed by atoms with Gasteiger partial charge in [0.2, 0.25) is 6.79 Å². The van der Waals surface area contributed by atoms with Crippen LogP contribution in [-0.2, 0) is 6.54 Å². The fourth-order valence-electron chi connectivity index (χ4n) is 2.15. The Balaban J connectivity index is 1.50. The van der Waals surface area contributed by atoms with Gasteiger partial charge in [0.25, 0.3) is 0 Å². The van der Waals surface area contributed by atoms with Crippen molar-refractivity contribution in [3.8, 4) is 11.5 Å². The number of carbonyl (C=O) groups excluding carboxylic acids is 1. The lowest BCUT2D eigenvalue weighted by atomic mass is 10.2. The zero-order chi connectivity index (χ0) is 17.9. The molecule has 2 aromatic rings. The minimum absolute atomic E-state index is 0.0545. The highest BCUT2D eigenvalue weighted by molar-refractivity contribution is 8.00. The zero-order valence-electron chi connectivity index (χ0n) is 12.7. The molecule has 0 saturated carbocycles. The van der Waals surface area contributed by atoms with Crippen molar-refractivity contribution in [2.45, 2.75) is 16.9 Å². The molecule has 25 heavy (non-hydrogen) atoms. The van der Waals surface area contributed by atoms with E-state index in [9.17, 15) is 18.0 Å². The lowest BCUT2D eigenvalue weighted by Gasteiger charge is -2.09. The van der Waals surface area contributed by atoms with Gasteiger partial charge >= 0.3 is 11.5 Å². The molecule has 0 aliphatic carbocycles. The van der Waals surface area contributed by atoms with E-state index in [-0.39, 0.29) is 30.0 Å². The molecule has 0 radical (unpaired) electrons. The molecule has 0 atom stereocenters. The number of alkyl halides is 3. The Bertz CT molecular complexity index is 766. The number of anilines is 1. The molecule has 5 nitrogen and oxygen atoms in total. The van der Waals surface area contributed by atoms with Crippen LogP contribution in [-0.4, -0.2) is 18.3 Å². The first kappa shape index (κ1) is 17.3. The molecule has 0 saturated heterocycles. The minimum Gasteiger partial charge on any atom is -0.454 e. The number of nitrogens with one attached hydrogen (secondary N) is 2. The summed E-state index contributed by atoms with van der Waals surface area (Å²) in [7, 11) is 0. The first-order valence-electron chi connectivity index (χ1n) is 7.18. The number of thioether (sulfide) groups is 1. The summed E-state index contributed by atoms with van der Waals surface area (Å²) in [4.78, 5) is 11.9. The quantitative estimate of drug-likeness (QED) is 0.786. The van der Waals surface area contributed by atoms with Gasteiger partial charge in [-0.15, -0.1) is 0 Å². The van der Waals surface area contributed by atoms with Crippen LogP contribution in [0.2, 0.25) is 0 Å². The van der Waals surface area contributed by atoms with Gasteiger partial charge in [-0.2, -0.15) is 13.2 Å². The molecule has 1 heterocycles. The highest BCUT2D eigenvalue weighted by Crippen LogP contribution is 2.37. The highest BCUT2D eigenvalue weighted by Gasteiger charge is 2.29. The lowest BCUT2D eigenvalue weighted by molar-refractivity contribution is -0.0328. The molecular weight excluding hydrogens is 357 g/mol. The first-order valence-corrected chi connectivity index (χ1v) is 8.00. The van der Waals surface area contributed by atoms with Crippen LogP contribution in [0.4, 0.5) is 23.7 Å². The maximum absolute atomic E-state index is 12.3. The second kappa shape index (κ2) is 7.14. The Morgan fingerprint density at radius 1 is 1.08 bits per heavy atom. The average molecular weight is 370 g/mol. The van der Waals surface area contributed by atoms with Gasteiger partial charge in [-0.05, 0) is 53.7 Å². The first-order chi connectivity index (χ1) is 11.9. The van der Waals surface area contributed by atoms with E-state index in [1.54, 1.807) is 18.2 Å². The Morgan fingerprint density at radius 2 is 1.80 bits per heavy atom. The van der Waals surface area contributed by atoms with Crippen molar-refractivity contribution >= 4 is 23.5 Å². The van der Waals surface area contributed by atoms with E-state index in [2.05, 4.69) is 10.6 Å². The summed E-state index contributed by atoms with van der Waals surface area (Å²) >= 11 is -0.205. The van der Waals surface area contributed by atoms with Crippen molar-refractivity contribution < 1.29 is 27.4 Å². The third-order valence-corrected chi connectivity index (χ3v) is 3.98. The monoisotopic (exact) mass is 370 g/mol. The molecule has 2 aromatic carbocycles. The van der Waals surface area contributed by atoms with E-state index >= 15 is 0 Å². The maximum Gasteiger partial charge on any atom is 0.446 e. The molecule has 0 unspecified atom stereocenters. The molecule has 0 bridgehead atoms.